The molecule has 1 unspecified atom stereocenters. The van der Waals surface area contributed by atoms with Crippen molar-refractivity contribution in [3.8, 4) is 0 Å². The van der Waals surface area contributed by atoms with Gasteiger partial charge in [-0.1, -0.05) is 46.3 Å². The van der Waals surface area contributed by atoms with E-state index in [1.165, 1.54) is 0 Å². The summed E-state index contributed by atoms with van der Waals surface area (Å²) in [7, 11) is 0. The lowest BCUT2D eigenvalue weighted by atomic mass is 10.1. The molecule has 4 rings (SSSR count). The van der Waals surface area contributed by atoms with E-state index in [1.54, 1.807) is 21.8 Å². The third-order valence-electron chi connectivity index (χ3n) is 4.78. The number of aromatic nitrogens is 2. The molecular weight excluding hydrogens is 420 g/mol. The van der Waals surface area contributed by atoms with Gasteiger partial charge in [0.05, 0.1) is 18.7 Å². The van der Waals surface area contributed by atoms with Crippen molar-refractivity contribution in [1.29, 1.82) is 0 Å². The molecule has 2 amide bonds. The molecular formula is C21H19BrN4O2. The van der Waals surface area contributed by atoms with Gasteiger partial charge in [0.25, 0.3) is 0 Å². The fourth-order valence-corrected chi connectivity index (χ4v) is 3.56. The first-order chi connectivity index (χ1) is 13.6. The van der Waals surface area contributed by atoms with Crippen molar-refractivity contribution in [2.24, 2.45) is 5.92 Å². The zero-order valence-corrected chi connectivity index (χ0v) is 16.7. The number of nitrogens with one attached hydrogen (secondary N) is 1. The molecule has 28 heavy (non-hydrogen) atoms. The lowest BCUT2D eigenvalue weighted by Gasteiger charge is -2.16. The molecule has 6 nitrogen and oxygen atoms in total. The molecule has 1 fully saturated rings. The molecule has 2 heterocycles. The fraction of sp³-hybridized carbons (Fsp3) is 0.190. The van der Waals surface area contributed by atoms with Gasteiger partial charge in [-0.15, -0.1) is 0 Å². The van der Waals surface area contributed by atoms with Crippen LogP contribution in [-0.4, -0.2) is 28.1 Å². The molecule has 0 bridgehead atoms. The van der Waals surface area contributed by atoms with E-state index in [2.05, 4.69) is 26.3 Å². The van der Waals surface area contributed by atoms with E-state index in [4.69, 9.17) is 0 Å². The van der Waals surface area contributed by atoms with Crippen LogP contribution in [0.1, 0.15) is 12.0 Å². The molecule has 1 atom stereocenters. The summed E-state index contributed by atoms with van der Waals surface area (Å²) in [5, 5.41) is 7.23. The van der Waals surface area contributed by atoms with Crippen molar-refractivity contribution < 1.29 is 9.59 Å². The van der Waals surface area contributed by atoms with Crippen molar-refractivity contribution in [2.45, 2.75) is 13.0 Å². The standard InChI is InChI=1S/C21H19BrN4O2/c22-17-8-6-15(7-9-17)13-26-19(10-11-23-26)24-21(28)16-12-20(27)25(14-16)18-4-2-1-3-5-18/h1-11,16H,12-14H2,(H,24,28). The number of hydrogen-bond donors (Lipinski definition) is 1. The van der Waals surface area contributed by atoms with Gasteiger partial charge in [0.2, 0.25) is 11.8 Å². The van der Waals surface area contributed by atoms with Crippen LogP contribution in [0.2, 0.25) is 0 Å². The lowest BCUT2D eigenvalue weighted by molar-refractivity contribution is -0.122. The highest BCUT2D eigenvalue weighted by molar-refractivity contribution is 9.10. The molecule has 2 aromatic carbocycles. The van der Waals surface area contributed by atoms with Crippen LogP contribution < -0.4 is 10.2 Å². The van der Waals surface area contributed by atoms with Gasteiger partial charge < -0.3 is 10.2 Å². The van der Waals surface area contributed by atoms with Gasteiger partial charge in [-0.2, -0.15) is 5.10 Å². The van der Waals surface area contributed by atoms with E-state index in [0.29, 0.717) is 18.9 Å². The first-order valence-corrected chi connectivity index (χ1v) is 9.82. The number of halogens is 1. The van der Waals surface area contributed by atoms with Gasteiger partial charge in [0.1, 0.15) is 5.82 Å². The Balaban J connectivity index is 1.43. The van der Waals surface area contributed by atoms with Crippen LogP contribution in [0.4, 0.5) is 11.5 Å². The average molecular weight is 439 g/mol. The minimum Gasteiger partial charge on any atom is -0.312 e. The molecule has 7 heteroatoms. The molecule has 0 saturated carbocycles. The fourth-order valence-electron chi connectivity index (χ4n) is 3.30. The van der Waals surface area contributed by atoms with E-state index in [0.717, 1.165) is 15.7 Å². The van der Waals surface area contributed by atoms with E-state index in [1.807, 2.05) is 54.6 Å². The first-order valence-electron chi connectivity index (χ1n) is 9.03. The quantitative estimate of drug-likeness (QED) is 0.660. The molecule has 1 N–H and O–H groups in total. The number of nitrogens with zero attached hydrogens (tertiary/aromatic N) is 3. The second kappa shape index (κ2) is 7.98. The van der Waals surface area contributed by atoms with Crippen molar-refractivity contribution in [3.05, 3.63) is 76.9 Å². The van der Waals surface area contributed by atoms with Gasteiger partial charge >= 0.3 is 0 Å². The van der Waals surface area contributed by atoms with Crippen LogP contribution in [0.15, 0.2) is 71.3 Å². The van der Waals surface area contributed by atoms with Gasteiger partial charge in [0.15, 0.2) is 0 Å². The predicted octanol–water partition coefficient (Wildman–Crippen LogP) is 3.69. The van der Waals surface area contributed by atoms with E-state index < -0.39 is 0 Å². The Kier molecular flexibility index (Phi) is 5.25. The summed E-state index contributed by atoms with van der Waals surface area (Å²) in [5.74, 6) is 0.0429. The summed E-state index contributed by atoms with van der Waals surface area (Å²) in [5.41, 5.74) is 1.90. The smallest absolute Gasteiger partial charge is 0.230 e. The summed E-state index contributed by atoms with van der Waals surface area (Å²) in [4.78, 5) is 26.8. The molecule has 0 radical (unpaired) electrons. The Hall–Kier alpha value is -2.93. The number of para-hydroxylation sites is 1. The molecule has 0 aliphatic carbocycles. The van der Waals surface area contributed by atoms with E-state index in [9.17, 15) is 9.59 Å². The highest BCUT2D eigenvalue weighted by atomic mass is 79.9. The monoisotopic (exact) mass is 438 g/mol. The van der Waals surface area contributed by atoms with Crippen LogP contribution in [-0.2, 0) is 16.1 Å². The van der Waals surface area contributed by atoms with Crippen molar-refractivity contribution in [3.63, 3.8) is 0 Å². The second-order valence-electron chi connectivity index (χ2n) is 6.73. The third kappa shape index (κ3) is 3.99. The summed E-state index contributed by atoms with van der Waals surface area (Å²) < 4.78 is 2.76. The normalized spacial score (nSPS) is 16.4. The van der Waals surface area contributed by atoms with Gasteiger partial charge in [-0.25, -0.2) is 4.68 Å². The van der Waals surface area contributed by atoms with Crippen LogP contribution in [0, 0.1) is 5.92 Å². The van der Waals surface area contributed by atoms with Gasteiger partial charge in [0, 0.05) is 29.2 Å². The highest BCUT2D eigenvalue weighted by Gasteiger charge is 2.35. The summed E-state index contributed by atoms with van der Waals surface area (Å²) in [6, 6.07) is 19.2. The van der Waals surface area contributed by atoms with Crippen molar-refractivity contribution >= 4 is 39.2 Å². The molecule has 1 aliphatic heterocycles. The lowest BCUT2D eigenvalue weighted by Crippen LogP contribution is -2.28. The van der Waals surface area contributed by atoms with Crippen molar-refractivity contribution in [2.75, 3.05) is 16.8 Å². The highest BCUT2D eigenvalue weighted by Crippen LogP contribution is 2.26. The number of rotatable bonds is 5. The third-order valence-corrected chi connectivity index (χ3v) is 5.31. The van der Waals surface area contributed by atoms with Crippen molar-refractivity contribution in [1.82, 2.24) is 9.78 Å². The maximum Gasteiger partial charge on any atom is 0.230 e. The number of anilines is 2. The molecule has 142 valence electrons. The Bertz CT molecular complexity index is 985. The van der Waals surface area contributed by atoms with E-state index >= 15 is 0 Å². The minimum absolute atomic E-state index is 0.0327. The molecule has 1 aliphatic rings. The zero-order chi connectivity index (χ0) is 19.5. The summed E-state index contributed by atoms with van der Waals surface area (Å²) in [6.07, 6.45) is 1.87. The number of benzene rings is 2. The Morgan fingerprint density at radius 2 is 1.86 bits per heavy atom. The van der Waals surface area contributed by atoms with Crippen LogP contribution >= 0.6 is 15.9 Å². The zero-order valence-electron chi connectivity index (χ0n) is 15.1. The Morgan fingerprint density at radius 1 is 1.11 bits per heavy atom. The molecule has 1 aromatic heterocycles. The van der Waals surface area contributed by atoms with E-state index in [-0.39, 0.29) is 24.2 Å². The Morgan fingerprint density at radius 3 is 2.61 bits per heavy atom. The maximum absolute atomic E-state index is 12.7. The largest absolute Gasteiger partial charge is 0.312 e. The topological polar surface area (TPSA) is 67.2 Å². The summed E-state index contributed by atoms with van der Waals surface area (Å²) in [6.45, 7) is 0.936. The second-order valence-corrected chi connectivity index (χ2v) is 7.65. The number of carbonyl (C=O) groups is 2. The molecule has 3 aromatic rings. The van der Waals surface area contributed by atoms with Crippen LogP contribution in [0.25, 0.3) is 0 Å². The average Bonchev–Trinajstić information content (AvgIpc) is 3.31. The number of hydrogen-bond acceptors (Lipinski definition) is 3. The molecule has 0 spiro atoms. The van der Waals surface area contributed by atoms with Gasteiger partial charge in [-0.05, 0) is 29.8 Å². The SMILES string of the molecule is O=C(Nc1ccnn1Cc1ccc(Br)cc1)C1CC(=O)N(c2ccccc2)C1. The van der Waals surface area contributed by atoms with Crippen LogP contribution in [0.3, 0.4) is 0 Å². The predicted molar refractivity (Wildman–Crippen MR) is 111 cm³/mol. The minimum atomic E-state index is -0.385. The van der Waals surface area contributed by atoms with Crippen LogP contribution in [0.5, 0.6) is 0 Å². The number of amides is 2. The van der Waals surface area contributed by atoms with Gasteiger partial charge in [-0.3, -0.25) is 9.59 Å². The first kappa shape index (κ1) is 18.4. The molecule has 1 saturated heterocycles. The Labute approximate surface area is 171 Å². The summed E-state index contributed by atoms with van der Waals surface area (Å²) >= 11 is 3.42. The maximum atomic E-state index is 12.7. The number of carbonyl (C=O) groups excluding carboxylic acids is 2.